The van der Waals surface area contributed by atoms with Gasteiger partial charge in [-0.1, -0.05) is 13.8 Å². The summed E-state index contributed by atoms with van der Waals surface area (Å²) in [6, 6.07) is 0.574. The van der Waals surface area contributed by atoms with Crippen LogP contribution in [0.25, 0.3) is 0 Å². The molecule has 1 aliphatic rings. The van der Waals surface area contributed by atoms with Gasteiger partial charge in [-0.25, -0.2) is 0 Å². The van der Waals surface area contributed by atoms with Crippen LogP contribution in [0.2, 0.25) is 0 Å². The van der Waals surface area contributed by atoms with Crippen LogP contribution in [-0.4, -0.2) is 42.2 Å². The molecule has 0 spiro atoms. The topological polar surface area (TPSA) is 27.3 Å². The van der Waals surface area contributed by atoms with E-state index >= 15 is 0 Å². The highest BCUT2D eigenvalue weighted by molar-refractivity contribution is 7.80. The van der Waals surface area contributed by atoms with Crippen molar-refractivity contribution in [1.29, 1.82) is 0 Å². The molecule has 0 atom stereocenters. The van der Waals surface area contributed by atoms with Crippen LogP contribution in [0.4, 0.5) is 0 Å². The highest BCUT2D eigenvalue weighted by atomic mass is 32.1. The van der Waals surface area contributed by atoms with Crippen molar-refractivity contribution in [1.82, 2.24) is 15.5 Å². The van der Waals surface area contributed by atoms with Gasteiger partial charge in [0, 0.05) is 25.7 Å². The Balaban J connectivity index is 2.15. The lowest BCUT2D eigenvalue weighted by atomic mass is 10.1. The quantitative estimate of drug-likeness (QED) is 0.712. The zero-order chi connectivity index (χ0) is 11.1. The number of nitrogens with zero attached hydrogens (tertiary/aromatic N) is 1. The number of hydrogen-bond acceptors (Lipinski definition) is 2. The largest absolute Gasteiger partial charge is 0.363 e. The van der Waals surface area contributed by atoms with Gasteiger partial charge in [-0.2, -0.15) is 0 Å². The van der Waals surface area contributed by atoms with Crippen molar-refractivity contribution in [3.8, 4) is 0 Å². The second-order valence-corrected chi connectivity index (χ2v) is 4.52. The van der Waals surface area contributed by atoms with Gasteiger partial charge in [-0.3, -0.25) is 0 Å². The van der Waals surface area contributed by atoms with E-state index in [1.807, 2.05) is 0 Å². The second-order valence-electron chi connectivity index (χ2n) is 4.11. The molecule has 0 aromatic carbocycles. The summed E-state index contributed by atoms with van der Waals surface area (Å²) in [5.41, 5.74) is 0. The van der Waals surface area contributed by atoms with Crippen molar-refractivity contribution in [2.45, 2.75) is 39.2 Å². The summed E-state index contributed by atoms with van der Waals surface area (Å²) in [4.78, 5) is 2.49. The minimum absolute atomic E-state index is 0.574. The van der Waals surface area contributed by atoms with Crippen molar-refractivity contribution in [2.24, 2.45) is 0 Å². The fraction of sp³-hybridized carbons (Fsp3) is 0.909. The van der Waals surface area contributed by atoms with Gasteiger partial charge in [0.15, 0.2) is 5.11 Å². The van der Waals surface area contributed by atoms with E-state index < -0.39 is 0 Å². The molecule has 0 amide bonds. The average molecular weight is 229 g/mol. The Morgan fingerprint density at radius 3 is 2.53 bits per heavy atom. The number of nitrogens with one attached hydrogen (secondary N) is 2. The molecule has 2 N–H and O–H groups in total. The molecule has 1 heterocycles. The normalized spacial score (nSPS) is 18.8. The van der Waals surface area contributed by atoms with Crippen LogP contribution in [0.3, 0.4) is 0 Å². The van der Waals surface area contributed by atoms with Crippen LogP contribution >= 0.6 is 12.2 Å². The third kappa shape index (κ3) is 4.80. The first kappa shape index (κ1) is 12.7. The minimum Gasteiger partial charge on any atom is -0.363 e. The number of hydrogen-bond donors (Lipinski definition) is 2. The molecule has 0 aromatic heterocycles. The smallest absolute Gasteiger partial charge is 0.166 e. The molecule has 0 saturated carbocycles. The average Bonchev–Trinajstić information content (AvgIpc) is 2.27. The summed E-state index contributed by atoms with van der Waals surface area (Å²) in [6.45, 7) is 8.91. The number of rotatable bonds is 4. The summed E-state index contributed by atoms with van der Waals surface area (Å²) >= 11 is 5.22. The van der Waals surface area contributed by atoms with E-state index in [4.69, 9.17) is 12.2 Å². The van der Waals surface area contributed by atoms with E-state index in [1.54, 1.807) is 0 Å². The molecule has 1 rings (SSSR count). The first-order chi connectivity index (χ1) is 7.26. The second kappa shape index (κ2) is 7.01. The van der Waals surface area contributed by atoms with Crippen molar-refractivity contribution >= 4 is 17.3 Å². The van der Waals surface area contributed by atoms with Crippen LogP contribution in [0.15, 0.2) is 0 Å². The van der Waals surface area contributed by atoms with Gasteiger partial charge in [0.05, 0.1) is 0 Å². The standard InChI is InChI=1S/C11H23N3S/c1-3-7-12-11(15)13-10-5-8-14(4-2)9-6-10/h10H,3-9H2,1-2H3,(H2,12,13,15). The highest BCUT2D eigenvalue weighted by Gasteiger charge is 2.17. The predicted molar refractivity (Wildman–Crippen MR) is 69.2 cm³/mol. The van der Waals surface area contributed by atoms with Gasteiger partial charge in [-0.05, 0) is 38.0 Å². The predicted octanol–water partition coefficient (Wildman–Crippen LogP) is 1.34. The van der Waals surface area contributed by atoms with Gasteiger partial charge in [0.1, 0.15) is 0 Å². The maximum Gasteiger partial charge on any atom is 0.166 e. The van der Waals surface area contributed by atoms with Crippen LogP contribution in [0, 0.1) is 0 Å². The third-order valence-corrected chi connectivity index (χ3v) is 3.17. The van der Waals surface area contributed by atoms with E-state index in [0.29, 0.717) is 6.04 Å². The maximum absolute atomic E-state index is 5.22. The lowest BCUT2D eigenvalue weighted by molar-refractivity contribution is 0.216. The summed E-state index contributed by atoms with van der Waals surface area (Å²) in [7, 11) is 0. The third-order valence-electron chi connectivity index (χ3n) is 2.91. The SMILES string of the molecule is CCCNC(=S)NC1CCN(CC)CC1. The zero-order valence-electron chi connectivity index (χ0n) is 9.88. The molecule has 0 aromatic rings. The summed E-state index contributed by atoms with van der Waals surface area (Å²) in [5, 5.41) is 7.43. The molecular formula is C11H23N3S. The monoisotopic (exact) mass is 229 g/mol. The molecule has 0 radical (unpaired) electrons. The molecule has 3 nitrogen and oxygen atoms in total. The van der Waals surface area contributed by atoms with Crippen LogP contribution in [0.5, 0.6) is 0 Å². The van der Waals surface area contributed by atoms with Crippen LogP contribution < -0.4 is 10.6 Å². The number of thiocarbonyl (C=S) groups is 1. The molecule has 1 aliphatic heterocycles. The fourth-order valence-electron chi connectivity index (χ4n) is 1.87. The van der Waals surface area contributed by atoms with Crippen molar-refractivity contribution in [2.75, 3.05) is 26.2 Å². The van der Waals surface area contributed by atoms with Crippen LogP contribution in [-0.2, 0) is 0 Å². The van der Waals surface area contributed by atoms with Gasteiger partial charge in [0.2, 0.25) is 0 Å². The zero-order valence-corrected chi connectivity index (χ0v) is 10.7. The number of likely N-dealkylation sites (tertiary alicyclic amines) is 1. The minimum atomic E-state index is 0.574. The Morgan fingerprint density at radius 1 is 1.33 bits per heavy atom. The van der Waals surface area contributed by atoms with E-state index in [1.165, 1.54) is 32.5 Å². The van der Waals surface area contributed by atoms with Crippen LogP contribution in [0.1, 0.15) is 33.1 Å². The first-order valence-electron chi connectivity index (χ1n) is 6.03. The molecule has 88 valence electrons. The lowest BCUT2D eigenvalue weighted by Crippen LogP contribution is -2.47. The highest BCUT2D eigenvalue weighted by Crippen LogP contribution is 2.09. The molecule has 1 fully saturated rings. The van der Waals surface area contributed by atoms with Gasteiger partial charge in [0.25, 0.3) is 0 Å². The van der Waals surface area contributed by atoms with E-state index in [-0.39, 0.29) is 0 Å². The molecule has 0 bridgehead atoms. The molecular weight excluding hydrogens is 206 g/mol. The Labute approximate surface area is 98.6 Å². The Kier molecular flexibility index (Phi) is 5.95. The summed E-state index contributed by atoms with van der Waals surface area (Å²) < 4.78 is 0. The van der Waals surface area contributed by atoms with Gasteiger partial charge < -0.3 is 15.5 Å². The molecule has 1 saturated heterocycles. The molecule has 0 unspecified atom stereocenters. The Bertz CT molecular complexity index is 188. The fourth-order valence-corrected chi connectivity index (χ4v) is 2.14. The number of piperidine rings is 1. The molecule has 4 heteroatoms. The molecule has 0 aliphatic carbocycles. The first-order valence-corrected chi connectivity index (χ1v) is 6.43. The van der Waals surface area contributed by atoms with E-state index in [2.05, 4.69) is 29.4 Å². The lowest BCUT2D eigenvalue weighted by Gasteiger charge is -2.32. The van der Waals surface area contributed by atoms with Gasteiger partial charge in [-0.15, -0.1) is 0 Å². The van der Waals surface area contributed by atoms with Crippen molar-refractivity contribution < 1.29 is 0 Å². The summed E-state index contributed by atoms with van der Waals surface area (Å²) in [5.74, 6) is 0. The molecule has 15 heavy (non-hydrogen) atoms. The Hall–Kier alpha value is -0.350. The summed E-state index contributed by atoms with van der Waals surface area (Å²) in [6.07, 6.45) is 3.54. The van der Waals surface area contributed by atoms with E-state index in [9.17, 15) is 0 Å². The van der Waals surface area contributed by atoms with E-state index in [0.717, 1.165) is 18.1 Å². The van der Waals surface area contributed by atoms with Crippen molar-refractivity contribution in [3.63, 3.8) is 0 Å². The maximum atomic E-state index is 5.22. The Morgan fingerprint density at radius 2 is 2.00 bits per heavy atom. The van der Waals surface area contributed by atoms with Crippen molar-refractivity contribution in [3.05, 3.63) is 0 Å². The van der Waals surface area contributed by atoms with Gasteiger partial charge >= 0.3 is 0 Å².